The minimum atomic E-state index is -0.264. The first-order chi connectivity index (χ1) is 14.5. The van der Waals surface area contributed by atoms with Gasteiger partial charge in [-0.3, -0.25) is 9.36 Å². The highest BCUT2D eigenvalue weighted by atomic mass is 79.9. The number of halogens is 1. The van der Waals surface area contributed by atoms with E-state index in [2.05, 4.69) is 25.9 Å². The molecule has 0 unspecified atom stereocenters. The van der Waals surface area contributed by atoms with Crippen molar-refractivity contribution < 1.29 is 13.6 Å². The summed E-state index contributed by atoms with van der Waals surface area (Å²) in [5, 5.41) is 0.818. The lowest BCUT2D eigenvalue weighted by molar-refractivity contribution is 0.414. The van der Waals surface area contributed by atoms with Crippen molar-refractivity contribution >= 4 is 38.0 Å². The maximum atomic E-state index is 13.0. The number of aromatic nitrogens is 3. The zero-order chi connectivity index (χ0) is 20.8. The average Bonchev–Trinajstić information content (AvgIpc) is 3.31. The van der Waals surface area contributed by atoms with Gasteiger partial charge in [-0.1, -0.05) is 28.1 Å². The van der Waals surface area contributed by atoms with Gasteiger partial charge in [-0.15, -0.1) is 0 Å². The van der Waals surface area contributed by atoms with Crippen LogP contribution in [0.25, 0.3) is 33.5 Å². The number of oxazole rings is 1. The number of para-hydroxylation sites is 1. The number of hydrogen-bond acceptors (Lipinski definition) is 6. The van der Waals surface area contributed by atoms with Crippen molar-refractivity contribution in [2.45, 2.75) is 13.5 Å². The van der Waals surface area contributed by atoms with E-state index in [-0.39, 0.29) is 17.7 Å². The molecule has 0 saturated carbocycles. The smallest absolute Gasteiger partial charge is 0.297 e. The molecule has 0 aliphatic heterocycles. The maximum absolute atomic E-state index is 13.0. The minimum Gasteiger partial charge on any atom is -0.496 e. The molecule has 0 fully saturated rings. The van der Waals surface area contributed by atoms with Crippen molar-refractivity contribution in [2.24, 2.45) is 0 Å². The normalized spacial score (nSPS) is 11.4. The van der Waals surface area contributed by atoms with Gasteiger partial charge >= 0.3 is 0 Å². The fraction of sp³-hybridized carbons (Fsp3) is 0.136. The lowest BCUT2D eigenvalue weighted by Gasteiger charge is -2.05. The van der Waals surface area contributed by atoms with E-state index in [1.165, 1.54) is 10.9 Å². The molecule has 5 aromatic rings. The Morgan fingerprint density at radius 1 is 1.17 bits per heavy atom. The zero-order valence-electron chi connectivity index (χ0n) is 16.2. The van der Waals surface area contributed by atoms with Crippen LogP contribution in [-0.2, 0) is 6.54 Å². The van der Waals surface area contributed by atoms with E-state index in [1.54, 1.807) is 7.11 Å². The standard InChI is InChI=1S/C22H16BrN3O4/c1-12-16(25-21(29-12)15-9-13(23)7-8-17(15)28-2)10-26-11-24-19-14-5-3-4-6-18(14)30-20(19)22(26)27/h3-9,11H,10H2,1-2H3. The number of furan rings is 1. The van der Waals surface area contributed by atoms with Gasteiger partial charge < -0.3 is 13.6 Å². The Kier molecular flexibility index (Phi) is 4.43. The number of nitrogens with zero attached hydrogens (tertiary/aromatic N) is 3. The number of ether oxygens (including phenoxy) is 1. The van der Waals surface area contributed by atoms with Crippen molar-refractivity contribution in [1.29, 1.82) is 0 Å². The molecular weight excluding hydrogens is 450 g/mol. The van der Waals surface area contributed by atoms with Crippen LogP contribution < -0.4 is 10.3 Å². The average molecular weight is 466 g/mol. The summed E-state index contributed by atoms with van der Waals surface area (Å²) in [5.41, 5.74) is 2.51. The van der Waals surface area contributed by atoms with E-state index in [4.69, 9.17) is 13.6 Å². The van der Waals surface area contributed by atoms with Gasteiger partial charge in [-0.25, -0.2) is 9.97 Å². The zero-order valence-corrected chi connectivity index (χ0v) is 17.8. The first-order valence-corrected chi connectivity index (χ1v) is 10.0. The molecule has 2 aromatic carbocycles. The quantitative estimate of drug-likeness (QED) is 0.374. The molecule has 0 atom stereocenters. The van der Waals surface area contributed by atoms with Crippen LogP contribution in [0.4, 0.5) is 0 Å². The van der Waals surface area contributed by atoms with Crippen LogP contribution in [0.1, 0.15) is 11.5 Å². The largest absolute Gasteiger partial charge is 0.496 e. The van der Waals surface area contributed by atoms with Crippen LogP contribution >= 0.6 is 15.9 Å². The highest BCUT2D eigenvalue weighted by Gasteiger charge is 2.18. The molecule has 5 rings (SSSR count). The third kappa shape index (κ3) is 3.00. The Labute approximate surface area is 179 Å². The Morgan fingerprint density at radius 2 is 2.00 bits per heavy atom. The van der Waals surface area contributed by atoms with Gasteiger partial charge in [0.15, 0.2) is 0 Å². The Bertz CT molecular complexity index is 1460. The maximum Gasteiger partial charge on any atom is 0.297 e. The molecule has 0 amide bonds. The summed E-state index contributed by atoms with van der Waals surface area (Å²) in [6.45, 7) is 2.03. The van der Waals surface area contributed by atoms with Crippen LogP contribution in [0.15, 0.2) is 66.9 Å². The summed E-state index contributed by atoms with van der Waals surface area (Å²) in [5.74, 6) is 1.68. The van der Waals surface area contributed by atoms with Gasteiger partial charge in [0.25, 0.3) is 5.56 Å². The minimum absolute atomic E-state index is 0.213. The van der Waals surface area contributed by atoms with Crippen LogP contribution in [-0.4, -0.2) is 21.6 Å². The molecule has 0 N–H and O–H groups in total. The van der Waals surface area contributed by atoms with Crippen molar-refractivity contribution in [3.05, 3.63) is 75.1 Å². The van der Waals surface area contributed by atoms with Crippen molar-refractivity contribution in [1.82, 2.24) is 14.5 Å². The van der Waals surface area contributed by atoms with Crippen molar-refractivity contribution in [3.63, 3.8) is 0 Å². The molecule has 0 aliphatic carbocycles. The van der Waals surface area contributed by atoms with Gasteiger partial charge in [0.2, 0.25) is 11.5 Å². The molecule has 0 saturated heterocycles. The SMILES string of the molecule is COc1ccc(Br)cc1-c1nc(Cn2cnc3c(oc4ccccc43)c2=O)c(C)o1. The van der Waals surface area contributed by atoms with E-state index < -0.39 is 0 Å². The fourth-order valence-corrected chi connectivity index (χ4v) is 3.79. The van der Waals surface area contributed by atoms with Gasteiger partial charge in [0, 0.05) is 9.86 Å². The molecule has 0 radical (unpaired) electrons. The van der Waals surface area contributed by atoms with Crippen molar-refractivity contribution in [2.75, 3.05) is 7.11 Å². The Hall–Kier alpha value is -3.39. The van der Waals surface area contributed by atoms with Gasteiger partial charge in [0.1, 0.15) is 28.3 Å². The molecule has 3 heterocycles. The summed E-state index contributed by atoms with van der Waals surface area (Å²) < 4.78 is 19.4. The highest BCUT2D eigenvalue weighted by Crippen LogP contribution is 2.33. The van der Waals surface area contributed by atoms with E-state index in [0.29, 0.717) is 34.2 Å². The number of hydrogen-bond donors (Lipinski definition) is 0. The molecule has 150 valence electrons. The second-order valence-corrected chi connectivity index (χ2v) is 7.74. The predicted octanol–water partition coefficient (Wildman–Crippen LogP) is 4.93. The molecule has 8 heteroatoms. The van der Waals surface area contributed by atoms with Crippen LogP contribution in [0.5, 0.6) is 5.75 Å². The van der Waals surface area contributed by atoms with Crippen LogP contribution in [0, 0.1) is 6.92 Å². The predicted molar refractivity (Wildman–Crippen MR) is 116 cm³/mol. The number of methoxy groups -OCH3 is 1. The fourth-order valence-electron chi connectivity index (χ4n) is 3.43. The monoisotopic (exact) mass is 465 g/mol. The second kappa shape index (κ2) is 7.14. The molecule has 0 bridgehead atoms. The lowest BCUT2D eigenvalue weighted by atomic mass is 10.2. The van der Waals surface area contributed by atoms with Crippen molar-refractivity contribution in [3.8, 4) is 17.2 Å². The molecular formula is C22H16BrN3O4. The lowest BCUT2D eigenvalue weighted by Crippen LogP contribution is -2.21. The van der Waals surface area contributed by atoms with Gasteiger partial charge in [-0.2, -0.15) is 0 Å². The number of benzene rings is 2. The molecule has 0 aliphatic rings. The highest BCUT2D eigenvalue weighted by molar-refractivity contribution is 9.10. The van der Waals surface area contributed by atoms with Crippen LogP contribution in [0.2, 0.25) is 0 Å². The topological polar surface area (TPSA) is 83.3 Å². The summed E-state index contributed by atoms with van der Waals surface area (Å²) in [4.78, 5) is 22.0. The van der Waals surface area contributed by atoms with Gasteiger partial charge in [-0.05, 0) is 37.3 Å². The van der Waals surface area contributed by atoms with E-state index in [9.17, 15) is 4.79 Å². The number of fused-ring (bicyclic) bond motifs is 3. The van der Waals surface area contributed by atoms with Crippen LogP contribution in [0.3, 0.4) is 0 Å². The molecule has 7 nitrogen and oxygen atoms in total. The number of aryl methyl sites for hydroxylation is 1. The summed E-state index contributed by atoms with van der Waals surface area (Å²) in [6.07, 6.45) is 1.51. The summed E-state index contributed by atoms with van der Waals surface area (Å²) in [6, 6.07) is 13.1. The molecule has 30 heavy (non-hydrogen) atoms. The van der Waals surface area contributed by atoms with E-state index in [1.807, 2.05) is 49.4 Å². The van der Waals surface area contributed by atoms with E-state index >= 15 is 0 Å². The van der Waals surface area contributed by atoms with E-state index in [0.717, 1.165) is 15.4 Å². The summed E-state index contributed by atoms with van der Waals surface area (Å²) >= 11 is 3.46. The Morgan fingerprint density at radius 3 is 2.83 bits per heavy atom. The molecule has 3 aromatic heterocycles. The second-order valence-electron chi connectivity index (χ2n) is 6.82. The third-order valence-corrected chi connectivity index (χ3v) is 5.45. The first-order valence-electron chi connectivity index (χ1n) is 9.22. The van der Waals surface area contributed by atoms with Gasteiger partial charge in [0.05, 0.1) is 25.5 Å². The first kappa shape index (κ1) is 18.6. The molecule has 0 spiro atoms. The Balaban J connectivity index is 1.56. The number of rotatable bonds is 4. The third-order valence-electron chi connectivity index (χ3n) is 4.96. The summed E-state index contributed by atoms with van der Waals surface area (Å²) in [7, 11) is 1.59.